The Labute approximate surface area is 119 Å². The molecule has 0 saturated carbocycles. The number of benzene rings is 1. The number of anilines is 1. The van der Waals surface area contributed by atoms with Gasteiger partial charge >= 0.3 is 12.0 Å². The predicted octanol–water partition coefficient (Wildman–Crippen LogP) is 2.87. The SMILES string of the molecule is CCCc1ccc(NC(=O)NCC(CC)C(=O)O)cc1. The van der Waals surface area contributed by atoms with Gasteiger partial charge in [0.25, 0.3) is 0 Å². The van der Waals surface area contributed by atoms with Crippen LogP contribution in [0.3, 0.4) is 0 Å². The van der Waals surface area contributed by atoms with Crippen molar-refractivity contribution in [3.05, 3.63) is 29.8 Å². The van der Waals surface area contributed by atoms with Crippen LogP contribution < -0.4 is 10.6 Å². The number of carbonyl (C=O) groups is 2. The second-order valence-corrected chi connectivity index (χ2v) is 4.73. The van der Waals surface area contributed by atoms with Crippen molar-refractivity contribution in [2.45, 2.75) is 33.1 Å². The monoisotopic (exact) mass is 278 g/mol. The minimum Gasteiger partial charge on any atom is -0.481 e. The highest BCUT2D eigenvalue weighted by Crippen LogP contribution is 2.11. The topological polar surface area (TPSA) is 78.4 Å². The third-order valence-corrected chi connectivity index (χ3v) is 3.10. The minimum absolute atomic E-state index is 0.131. The molecule has 5 heteroatoms. The number of nitrogens with one attached hydrogen (secondary N) is 2. The lowest BCUT2D eigenvalue weighted by atomic mass is 10.1. The third kappa shape index (κ3) is 5.30. The van der Waals surface area contributed by atoms with E-state index in [0.717, 1.165) is 12.8 Å². The summed E-state index contributed by atoms with van der Waals surface area (Å²) in [6, 6.07) is 7.27. The van der Waals surface area contributed by atoms with Crippen LogP contribution >= 0.6 is 0 Å². The first-order valence-electron chi connectivity index (χ1n) is 6.93. The average molecular weight is 278 g/mol. The van der Waals surface area contributed by atoms with E-state index in [-0.39, 0.29) is 12.6 Å². The standard InChI is InChI=1S/C15H22N2O3/c1-3-5-11-6-8-13(9-7-11)17-15(20)16-10-12(4-2)14(18)19/h6-9,12H,3-5,10H2,1-2H3,(H,18,19)(H2,16,17,20). The lowest BCUT2D eigenvalue weighted by Gasteiger charge is -2.12. The number of urea groups is 1. The smallest absolute Gasteiger partial charge is 0.319 e. The Bertz CT molecular complexity index is 443. The van der Waals surface area contributed by atoms with Crippen molar-refractivity contribution in [3.8, 4) is 0 Å². The van der Waals surface area contributed by atoms with Gasteiger partial charge in [0, 0.05) is 12.2 Å². The summed E-state index contributed by atoms with van der Waals surface area (Å²) < 4.78 is 0. The summed E-state index contributed by atoms with van der Waals surface area (Å²) in [6.45, 7) is 4.03. The Balaban J connectivity index is 2.43. The van der Waals surface area contributed by atoms with Crippen LogP contribution in [0.15, 0.2) is 24.3 Å². The summed E-state index contributed by atoms with van der Waals surface area (Å²) in [5, 5.41) is 14.1. The van der Waals surface area contributed by atoms with Gasteiger partial charge in [-0.1, -0.05) is 32.4 Å². The zero-order valence-electron chi connectivity index (χ0n) is 12.0. The maximum absolute atomic E-state index is 11.7. The number of aliphatic carboxylic acids is 1. The Hall–Kier alpha value is -2.04. The lowest BCUT2D eigenvalue weighted by Crippen LogP contribution is -2.35. The van der Waals surface area contributed by atoms with Crippen LogP contribution in [-0.2, 0) is 11.2 Å². The zero-order chi connectivity index (χ0) is 15.0. The van der Waals surface area contributed by atoms with Crippen LogP contribution in [0, 0.1) is 5.92 Å². The molecule has 0 radical (unpaired) electrons. The molecule has 0 fully saturated rings. The third-order valence-electron chi connectivity index (χ3n) is 3.10. The Morgan fingerprint density at radius 1 is 1.20 bits per heavy atom. The maximum Gasteiger partial charge on any atom is 0.319 e. The number of carboxylic acids is 1. The largest absolute Gasteiger partial charge is 0.481 e. The summed E-state index contributed by atoms with van der Waals surface area (Å²) in [5.74, 6) is -1.44. The second kappa shape index (κ2) is 8.19. The van der Waals surface area contributed by atoms with E-state index in [0.29, 0.717) is 12.1 Å². The van der Waals surface area contributed by atoms with Crippen molar-refractivity contribution in [1.82, 2.24) is 5.32 Å². The zero-order valence-corrected chi connectivity index (χ0v) is 12.0. The van der Waals surface area contributed by atoms with E-state index in [2.05, 4.69) is 17.6 Å². The fourth-order valence-electron chi connectivity index (χ4n) is 1.84. The van der Waals surface area contributed by atoms with Crippen molar-refractivity contribution in [3.63, 3.8) is 0 Å². The fourth-order valence-corrected chi connectivity index (χ4v) is 1.84. The molecule has 0 spiro atoms. The molecule has 0 aliphatic heterocycles. The van der Waals surface area contributed by atoms with Gasteiger partial charge in [0.05, 0.1) is 5.92 Å². The normalized spacial score (nSPS) is 11.7. The van der Waals surface area contributed by atoms with Gasteiger partial charge in [-0.05, 0) is 30.5 Å². The Morgan fingerprint density at radius 3 is 2.35 bits per heavy atom. The van der Waals surface area contributed by atoms with Crippen molar-refractivity contribution in [2.75, 3.05) is 11.9 Å². The molecule has 0 saturated heterocycles. The number of carboxylic acid groups (broad SMARTS) is 1. The molecule has 0 aliphatic rings. The van der Waals surface area contributed by atoms with E-state index in [1.54, 1.807) is 6.92 Å². The van der Waals surface area contributed by atoms with E-state index in [1.165, 1.54) is 5.56 Å². The van der Waals surface area contributed by atoms with Crippen molar-refractivity contribution >= 4 is 17.7 Å². The van der Waals surface area contributed by atoms with Crippen LogP contribution in [-0.4, -0.2) is 23.7 Å². The molecule has 110 valence electrons. The number of aryl methyl sites for hydroxylation is 1. The summed E-state index contributed by atoms with van der Waals surface area (Å²) in [5.41, 5.74) is 1.93. The number of rotatable bonds is 7. The van der Waals surface area contributed by atoms with Gasteiger partial charge in [0.15, 0.2) is 0 Å². The summed E-state index contributed by atoms with van der Waals surface area (Å²) in [7, 11) is 0. The molecule has 1 atom stereocenters. The number of carbonyl (C=O) groups excluding carboxylic acids is 1. The van der Waals surface area contributed by atoms with Crippen LogP contribution in [0.2, 0.25) is 0 Å². The average Bonchev–Trinajstić information content (AvgIpc) is 2.41. The number of amides is 2. The molecule has 0 aliphatic carbocycles. The van der Waals surface area contributed by atoms with E-state index in [9.17, 15) is 9.59 Å². The highest BCUT2D eigenvalue weighted by molar-refractivity contribution is 5.89. The van der Waals surface area contributed by atoms with Gasteiger partial charge in [0.2, 0.25) is 0 Å². The van der Waals surface area contributed by atoms with Crippen molar-refractivity contribution in [2.24, 2.45) is 5.92 Å². The van der Waals surface area contributed by atoms with E-state index in [1.807, 2.05) is 24.3 Å². The Morgan fingerprint density at radius 2 is 1.85 bits per heavy atom. The fraction of sp³-hybridized carbons (Fsp3) is 0.467. The first-order valence-corrected chi connectivity index (χ1v) is 6.93. The van der Waals surface area contributed by atoms with Crippen molar-refractivity contribution in [1.29, 1.82) is 0 Å². The molecule has 1 aromatic rings. The quantitative estimate of drug-likeness (QED) is 0.717. The van der Waals surface area contributed by atoms with Crippen LogP contribution in [0.4, 0.5) is 10.5 Å². The van der Waals surface area contributed by atoms with Crippen LogP contribution in [0.25, 0.3) is 0 Å². The van der Waals surface area contributed by atoms with E-state index < -0.39 is 11.9 Å². The van der Waals surface area contributed by atoms with E-state index >= 15 is 0 Å². The molecule has 0 aromatic heterocycles. The molecule has 20 heavy (non-hydrogen) atoms. The van der Waals surface area contributed by atoms with Gasteiger partial charge in [-0.25, -0.2) is 4.79 Å². The molecule has 1 unspecified atom stereocenters. The first kappa shape index (κ1) is 16.0. The van der Waals surface area contributed by atoms with E-state index in [4.69, 9.17) is 5.11 Å². The van der Waals surface area contributed by atoms with Gasteiger partial charge in [0.1, 0.15) is 0 Å². The summed E-state index contributed by atoms with van der Waals surface area (Å²) in [6.07, 6.45) is 2.59. The molecule has 1 rings (SSSR count). The molecule has 2 amide bonds. The molecule has 5 nitrogen and oxygen atoms in total. The van der Waals surface area contributed by atoms with Crippen LogP contribution in [0.1, 0.15) is 32.3 Å². The van der Waals surface area contributed by atoms with Gasteiger partial charge in [-0.3, -0.25) is 4.79 Å². The van der Waals surface area contributed by atoms with Gasteiger partial charge in [-0.15, -0.1) is 0 Å². The van der Waals surface area contributed by atoms with Gasteiger partial charge < -0.3 is 15.7 Å². The summed E-state index contributed by atoms with van der Waals surface area (Å²) in [4.78, 5) is 22.5. The minimum atomic E-state index is -0.892. The van der Waals surface area contributed by atoms with Crippen LogP contribution in [0.5, 0.6) is 0 Å². The molecular weight excluding hydrogens is 256 g/mol. The molecule has 0 heterocycles. The first-order chi connectivity index (χ1) is 9.56. The lowest BCUT2D eigenvalue weighted by molar-refractivity contribution is -0.141. The highest BCUT2D eigenvalue weighted by Gasteiger charge is 2.15. The second-order valence-electron chi connectivity index (χ2n) is 4.73. The Kier molecular flexibility index (Phi) is 6.56. The number of hydrogen-bond acceptors (Lipinski definition) is 2. The highest BCUT2D eigenvalue weighted by atomic mass is 16.4. The molecule has 1 aromatic carbocycles. The summed E-state index contributed by atoms with van der Waals surface area (Å²) >= 11 is 0. The molecule has 0 bridgehead atoms. The molecular formula is C15H22N2O3. The molecule has 3 N–H and O–H groups in total. The van der Waals surface area contributed by atoms with Crippen molar-refractivity contribution < 1.29 is 14.7 Å². The maximum atomic E-state index is 11.7. The predicted molar refractivity (Wildman–Crippen MR) is 78.9 cm³/mol. The van der Waals surface area contributed by atoms with Gasteiger partial charge in [-0.2, -0.15) is 0 Å². The number of hydrogen-bond donors (Lipinski definition) is 3.